The molecule has 0 spiro atoms. The molecule has 1 nitrogen and oxygen atoms in total. The first-order valence-corrected chi connectivity index (χ1v) is 10.9. The molecule has 0 aromatic rings. The SMILES string of the molecule is CC(C)=CCC/C(C)=C/C=C/C(C)=C/C=C/C(C)=C/C=C/C=C(C)/C=C/C=C(\C)C=O. The summed E-state index contributed by atoms with van der Waals surface area (Å²) in [5, 5.41) is 0. The summed E-state index contributed by atoms with van der Waals surface area (Å²) >= 11 is 0. The summed E-state index contributed by atoms with van der Waals surface area (Å²) in [7, 11) is 0. The van der Waals surface area contributed by atoms with E-state index in [1.54, 1.807) is 13.0 Å². The van der Waals surface area contributed by atoms with Crippen molar-refractivity contribution in [2.24, 2.45) is 0 Å². The van der Waals surface area contributed by atoms with Crippen molar-refractivity contribution in [1.82, 2.24) is 0 Å². The third-order valence-corrected chi connectivity index (χ3v) is 4.28. The van der Waals surface area contributed by atoms with Gasteiger partial charge >= 0.3 is 0 Å². The van der Waals surface area contributed by atoms with Crippen LogP contribution in [0.4, 0.5) is 0 Å². The van der Waals surface area contributed by atoms with E-state index in [4.69, 9.17) is 0 Å². The molecular weight excluding hydrogens is 376 g/mol. The van der Waals surface area contributed by atoms with Crippen molar-refractivity contribution in [3.8, 4) is 0 Å². The highest BCUT2D eigenvalue weighted by Crippen LogP contribution is 2.07. The van der Waals surface area contributed by atoms with Crippen LogP contribution >= 0.6 is 0 Å². The topological polar surface area (TPSA) is 17.1 Å². The van der Waals surface area contributed by atoms with Crippen molar-refractivity contribution in [3.05, 3.63) is 119 Å². The smallest absolute Gasteiger partial charge is 0.145 e. The van der Waals surface area contributed by atoms with E-state index in [0.717, 1.165) is 24.7 Å². The Balaban J connectivity index is 4.62. The second-order valence-electron chi connectivity index (χ2n) is 8.06. The number of hydrogen-bond donors (Lipinski definition) is 0. The fraction of sp³-hybridized carbons (Fsp3) is 0.300. The summed E-state index contributed by atoms with van der Waals surface area (Å²) in [6.45, 7) is 14.5. The van der Waals surface area contributed by atoms with E-state index in [9.17, 15) is 4.79 Å². The molecular formula is C30H40O. The monoisotopic (exact) mass is 416 g/mol. The quantitative estimate of drug-likeness (QED) is 0.134. The van der Waals surface area contributed by atoms with Crippen LogP contribution in [0.15, 0.2) is 119 Å². The predicted molar refractivity (Wildman–Crippen MR) is 140 cm³/mol. The van der Waals surface area contributed by atoms with Crippen LogP contribution in [-0.2, 0) is 4.79 Å². The molecule has 0 heterocycles. The number of carbonyl (C=O) groups excluding carboxylic acids is 1. The molecule has 0 aliphatic carbocycles. The Kier molecular flexibility index (Phi) is 16.2. The first kappa shape index (κ1) is 28.1. The van der Waals surface area contributed by atoms with Gasteiger partial charge in [0.25, 0.3) is 0 Å². The van der Waals surface area contributed by atoms with Gasteiger partial charge in [0.2, 0.25) is 0 Å². The highest BCUT2D eigenvalue weighted by Gasteiger charge is 1.87. The van der Waals surface area contributed by atoms with Crippen LogP contribution in [0.1, 0.15) is 61.3 Å². The number of hydrogen-bond acceptors (Lipinski definition) is 1. The summed E-state index contributed by atoms with van der Waals surface area (Å²) in [5.41, 5.74) is 7.02. The number of rotatable bonds is 12. The molecule has 0 atom stereocenters. The molecule has 0 aliphatic rings. The average Bonchev–Trinajstić information content (AvgIpc) is 2.70. The van der Waals surface area contributed by atoms with Crippen LogP contribution in [0, 0.1) is 0 Å². The van der Waals surface area contributed by atoms with Crippen LogP contribution in [0.3, 0.4) is 0 Å². The minimum absolute atomic E-state index is 0.714. The Morgan fingerprint density at radius 3 is 1.42 bits per heavy atom. The lowest BCUT2D eigenvalue weighted by molar-refractivity contribution is -0.104. The molecule has 0 saturated carbocycles. The number of carbonyl (C=O) groups is 1. The molecule has 0 amide bonds. The first-order valence-electron chi connectivity index (χ1n) is 10.9. The molecule has 0 aromatic carbocycles. The summed E-state index contributed by atoms with van der Waals surface area (Å²) in [4.78, 5) is 10.5. The number of allylic oxidation sites excluding steroid dienone is 20. The molecule has 0 aliphatic heterocycles. The molecule has 0 radical (unpaired) electrons. The zero-order valence-electron chi connectivity index (χ0n) is 20.5. The van der Waals surface area contributed by atoms with Crippen molar-refractivity contribution in [1.29, 1.82) is 0 Å². The summed E-state index contributed by atoms with van der Waals surface area (Å²) in [6.07, 6.45) is 32.0. The first-order chi connectivity index (χ1) is 14.7. The Hall–Kier alpha value is -2.93. The molecule has 166 valence electrons. The fourth-order valence-electron chi connectivity index (χ4n) is 2.36. The zero-order valence-corrected chi connectivity index (χ0v) is 20.5. The standard InChI is InChI=1S/C30H40O/c1-25(2)14-10-17-28(5)19-12-21-29(6)20-11-18-26(3)15-8-9-16-27(4)22-13-23-30(7)24-31/h8-9,11-16,18-24H,10,17H2,1-7H3/b9-8+,18-11+,21-12+,22-13+,26-15+,27-16+,28-19+,29-20+,30-23+. The normalized spacial score (nSPS) is 15.1. The van der Waals surface area contributed by atoms with Gasteiger partial charge in [0, 0.05) is 0 Å². The molecule has 0 fully saturated rings. The van der Waals surface area contributed by atoms with Gasteiger partial charge in [0.15, 0.2) is 0 Å². The Morgan fingerprint density at radius 2 is 0.968 bits per heavy atom. The summed E-state index contributed by atoms with van der Waals surface area (Å²) in [6, 6.07) is 0. The van der Waals surface area contributed by atoms with Crippen molar-refractivity contribution < 1.29 is 4.79 Å². The third-order valence-electron chi connectivity index (χ3n) is 4.28. The van der Waals surface area contributed by atoms with Gasteiger partial charge in [-0.1, -0.05) is 113 Å². The van der Waals surface area contributed by atoms with E-state index in [1.807, 2.05) is 37.3 Å². The second-order valence-corrected chi connectivity index (χ2v) is 8.06. The Labute approximate surface area is 191 Å². The van der Waals surface area contributed by atoms with E-state index in [1.165, 1.54) is 22.3 Å². The minimum Gasteiger partial charge on any atom is -0.298 e. The van der Waals surface area contributed by atoms with Crippen LogP contribution in [0.2, 0.25) is 0 Å². The maximum Gasteiger partial charge on any atom is 0.145 e. The van der Waals surface area contributed by atoms with Gasteiger partial charge in [0.1, 0.15) is 6.29 Å². The van der Waals surface area contributed by atoms with Crippen LogP contribution in [0.5, 0.6) is 0 Å². The zero-order chi connectivity index (χ0) is 23.5. The molecule has 0 rings (SSSR count). The fourth-order valence-corrected chi connectivity index (χ4v) is 2.36. The van der Waals surface area contributed by atoms with Crippen LogP contribution < -0.4 is 0 Å². The largest absolute Gasteiger partial charge is 0.298 e. The van der Waals surface area contributed by atoms with E-state index in [2.05, 4.69) is 83.2 Å². The van der Waals surface area contributed by atoms with Crippen LogP contribution in [-0.4, -0.2) is 6.29 Å². The highest BCUT2D eigenvalue weighted by atomic mass is 16.1. The molecule has 0 unspecified atom stereocenters. The van der Waals surface area contributed by atoms with Crippen molar-refractivity contribution in [2.45, 2.75) is 61.3 Å². The highest BCUT2D eigenvalue weighted by molar-refractivity contribution is 5.72. The van der Waals surface area contributed by atoms with Crippen molar-refractivity contribution in [3.63, 3.8) is 0 Å². The van der Waals surface area contributed by atoms with Crippen molar-refractivity contribution >= 4 is 6.29 Å². The number of aldehydes is 1. The van der Waals surface area contributed by atoms with Gasteiger partial charge < -0.3 is 0 Å². The second kappa shape index (κ2) is 17.9. The predicted octanol–water partition coefficient (Wildman–Crippen LogP) is 8.89. The van der Waals surface area contributed by atoms with Gasteiger partial charge in [-0.05, 0) is 66.9 Å². The van der Waals surface area contributed by atoms with Gasteiger partial charge in [-0.3, -0.25) is 4.79 Å². The van der Waals surface area contributed by atoms with Gasteiger partial charge in [-0.25, -0.2) is 0 Å². The average molecular weight is 417 g/mol. The van der Waals surface area contributed by atoms with Crippen molar-refractivity contribution in [2.75, 3.05) is 0 Å². The molecule has 0 N–H and O–H groups in total. The maximum absolute atomic E-state index is 10.5. The minimum atomic E-state index is 0.714. The molecule has 0 aromatic heterocycles. The van der Waals surface area contributed by atoms with E-state index in [0.29, 0.717) is 5.57 Å². The van der Waals surface area contributed by atoms with E-state index >= 15 is 0 Å². The lowest BCUT2D eigenvalue weighted by atomic mass is 10.1. The van der Waals surface area contributed by atoms with Gasteiger partial charge in [0.05, 0.1) is 0 Å². The molecule has 0 saturated heterocycles. The maximum atomic E-state index is 10.5. The van der Waals surface area contributed by atoms with Crippen LogP contribution in [0.25, 0.3) is 0 Å². The Morgan fingerprint density at radius 1 is 0.548 bits per heavy atom. The lowest BCUT2D eigenvalue weighted by Crippen LogP contribution is -1.76. The third kappa shape index (κ3) is 18.8. The van der Waals surface area contributed by atoms with E-state index < -0.39 is 0 Å². The lowest BCUT2D eigenvalue weighted by Gasteiger charge is -1.96. The van der Waals surface area contributed by atoms with E-state index in [-0.39, 0.29) is 0 Å². The van der Waals surface area contributed by atoms with Gasteiger partial charge in [-0.2, -0.15) is 0 Å². The van der Waals surface area contributed by atoms with Gasteiger partial charge in [-0.15, -0.1) is 0 Å². The Bertz CT molecular complexity index is 852. The summed E-state index contributed by atoms with van der Waals surface area (Å²) < 4.78 is 0. The molecule has 0 bridgehead atoms. The molecule has 31 heavy (non-hydrogen) atoms. The summed E-state index contributed by atoms with van der Waals surface area (Å²) in [5.74, 6) is 0. The molecule has 1 heteroatoms.